The fourth-order valence-corrected chi connectivity index (χ4v) is 4.35. The largest absolute Gasteiger partial charge is 0.414 e. The summed E-state index contributed by atoms with van der Waals surface area (Å²) < 4.78 is 17.9. The van der Waals surface area contributed by atoms with E-state index in [1.54, 1.807) is 13.8 Å². The summed E-state index contributed by atoms with van der Waals surface area (Å²) in [6, 6.07) is 3.75. The van der Waals surface area contributed by atoms with Gasteiger partial charge in [0.25, 0.3) is 0 Å². The molecule has 2 rings (SSSR count). The zero-order chi connectivity index (χ0) is 19.0. The molecule has 2 unspecified atom stereocenters. The van der Waals surface area contributed by atoms with Crippen LogP contribution in [0.15, 0.2) is 17.5 Å². The summed E-state index contributed by atoms with van der Waals surface area (Å²) >= 11 is 1.46. The molecule has 7 heteroatoms. The number of hydrogen-bond donors (Lipinski definition) is 2. The molecule has 1 aliphatic rings. The van der Waals surface area contributed by atoms with Crippen molar-refractivity contribution in [2.75, 3.05) is 6.61 Å². The molecule has 0 aromatic carbocycles. The van der Waals surface area contributed by atoms with Crippen LogP contribution in [-0.4, -0.2) is 49.2 Å². The van der Waals surface area contributed by atoms with E-state index >= 15 is 0 Å². The summed E-state index contributed by atoms with van der Waals surface area (Å²) in [5.74, 6) is -0.856. The average molecular weight is 389 g/mol. The van der Waals surface area contributed by atoms with Crippen molar-refractivity contribution in [3.8, 4) is 0 Å². The minimum atomic E-state index is -1.97. The van der Waals surface area contributed by atoms with Crippen LogP contribution in [0.5, 0.6) is 0 Å². The van der Waals surface area contributed by atoms with Gasteiger partial charge in [-0.2, -0.15) is 0 Å². The van der Waals surface area contributed by atoms with Gasteiger partial charge < -0.3 is 24.1 Å². The normalized spacial score (nSPS) is 26.6. The molecule has 4 atom stereocenters. The number of aliphatic hydroxyl groups excluding tert-OH is 2. The molecule has 144 valence electrons. The Morgan fingerprint density at radius 1 is 1.24 bits per heavy atom. The monoisotopic (exact) mass is 388 g/mol. The molecule has 25 heavy (non-hydrogen) atoms. The first kappa shape index (κ1) is 21.0. The number of aliphatic hydroxyl groups is 2. The summed E-state index contributed by atoms with van der Waals surface area (Å²) in [6.07, 6.45) is -2.98. The number of hydrogen-bond acceptors (Lipinski definition) is 6. The Morgan fingerprint density at radius 3 is 2.36 bits per heavy atom. The summed E-state index contributed by atoms with van der Waals surface area (Å²) in [4.78, 5) is 0.800. The summed E-state index contributed by atoms with van der Waals surface area (Å²) in [6.45, 7) is 14.5. The molecule has 2 N–H and O–H groups in total. The highest BCUT2D eigenvalue weighted by molar-refractivity contribution is 7.10. The molecule has 0 aliphatic carbocycles. The molecule has 1 aliphatic heterocycles. The van der Waals surface area contributed by atoms with E-state index in [2.05, 4.69) is 33.9 Å². The van der Waals surface area contributed by atoms with Crippen LogP contribution in [0.1, 0.15) is 45.6 Å². The summed E-state index contributed by atoms with van der Waals surface area (Å²) in [5.41, 5.74) is 0. The number of rotatable bonds is 6. The van der Waals surface area contributed by atoms with Gasteiger partial charge in [-0.25, -0.2) is 0 Å². The third-order valence-electron chi connectivity index (χ3n) is 5.11. The SMILES string of the molecule is CC1(C)O[C@H](C(O)CO[Si](C)(C)C(C)(C)C)[C@H](C(O)c2cccs2)O1. The van der Waals surface area contributed by atoms with Gasteiger partial charge in [0.2, 0.25) is 0 Å². The van der Waals surface area contributed by atoms with Crippen LogP contribution in [0.25, 0.3) is 0 Å². The fourth-order valence-electron chi connectivity index (χ4n) is 2.59. The molecule has 0 radical (unpaired) electrons. The standard InChI is InChI=1S/C18H32O5SSi/c1-17(2,3)25(6,7)21-11-12(19)15-16(23-18(4,5)22-15)14(20)13-9-8-10-24-13/h8-10,12,14-16,19-20H,11H2,1-7H3/t12?,14?,15-,16+/m1/s1. The zero-order valence-corrected chi connectivity index (χ0v) is 18.1. The highest BCUT2D eigenvalue weighted by atomic mass is 32.1. The van der Waals surface area contributed by atoms with Crippen molar-refractivity contribution in [3.63, 3.8) is 0 Å². The highest BCUT2D eigenvalue weighted by Gasteiger charge is 2.49. The molecular formula is C18H32O5SSi. The van der Waals surface area contributed by atoms with Crippen molar-refractivity contribution in [3.05, 3.63) is 22.4 Å². The minimum absolute atomic E-state index is 0.0644. The summed E-state index contributed by atoms with van der Waals surface area (Å²) in [7, 11) is -1.97. The lowest BCUT2D eigenvalue weighted by Gasteiger charge is -2.37. The van der Waals surface area contributed by atoms with Gasteiger partial charge in [-0.05, 0) is 43.4 Å². The lowest BCUT2D eigenvalue weighted by molar-refractivity contribution is -0.161. The molecular weight excluding hydrogens is 356 g/mol. The number of thiophene rings is 1. The Hall–Kier alpha value is -0.283. The Balaban J connectivity index is 2.09. The minimum Gasteiger partial charge on any atom is -0.414 e. The van der Waals surface area contributed by atoms with E-state index in [4.69, 9.17) is 13.9 Å². The van der Waals surface area contributed by atoms with Gasteiger partial charge >= 0.3 is 0 Å². The Labute approximate surface area is 156 Å². The van der Waals surface area contributed by atoms with Crippen molar-refractivity contribution in [1.29, 1.82) is 0 Å². The van der Waals surface area contributed by atoms with E-state index in [-0.39, 0.29) is 11.6 Å². The quantitative estimate of drug-likeness (QED) is 0.728. The molecule has 2 heterocycles. The van der Waals surface area contributed by atoms with Gasteiger partial charge in [-0.3, -0.25) is 0 Å². The van der Waals surface area contributed by atoms with E-state index in [9.17, 15) is 10.2 Å². The van der Waals surface area contributed by atoms with Gasteiger partial charge in [0.1, 0.15) is 24.4 Å². The lowest BCUT2D eigenvalue weighted by atomic mass is 10.0. The first-order chi connectivity index (χ1) is 11.3. The molecule has 0 bridgehead atoms. The molecule has 5 nitrogen and oxygen atoms in total. The molecule has 0 saturated carbocycles. The van der Waals surface area contributed by atoms with Crippen LogP contribution >= 0.6 is 11.3 Å². The second kappa shape index (κ2) is 7.38. The van der Waals surface area contributed by atoms with E-state index in [0.717, 1.165) is 4.88 Å². The third kappa shape index (κ3) is 4.91. The average Bonchev–Trinajstić information content (AvgIpc) is 3.10. The van der Waals surface area contributed by atoms with E-state index < -0.39 is 38.5 Å². The topological polar surface area (TPSA) is 68.2 Å². The van der Waals surface area contributed by atoms with Gasteiger partial charge in [-0.15, -0.1) is 11.3 Å². The van der Waals surface area contributed by atoms with Crippen LogP contribution in [-0.2, 0) is 13.9 Å². The second-order valence-electron chi connectivity index (χ2n) is 8.66. The van der Waals surface area contributed by atoms with Crippen molar-refractivity contribution in [1.82, 2.24) is 0 Å². The first-order valence-electron chi connectivity index (χ1n) is 8.73. The maximum Gasteiger partial charge on any atom is 0.192 e. The molecule has 1 aromatic rings. The van der Waals surface area contributed by atoms with Crippen LogP contribution < -0.4 is 0 Å². The van der Waals surface area contributed by atoms with Gasteiger partial charge in [0, 0.05) is 4.88 Å². The third-order valence-corrected chi connectivity index (χ3v) is 10.6. The zero-order valence-electron chi connectivity index (χ0n) is 16.3. The predicted octanol–water partition coefficient (Wildman–Crippen LogP) is 3.68. The molecule has 0 spiro atoms. The van der Waals surface area contributed by atoms with Crippen LogP contribution in [0.4, 0.5) is 0 Å². The van der Waals surface area contributed by atoms with Gasteiger partial charge in [0.05, 0.1) is 6.61 Å². The maximum absolute atomic E-state index is 10.7. The first-order valence-corrected chi connectivity index (χ1v) is 12.5. The Morgan fingerprint density at radius 2 is 1.84 bits per heavy atom. The smallest absolute Gasteiger partial charge is 0.192 e. The Bertz CT molecular complexity index is 552. The van der Waals surface area contributed by atoms with Crippen molar-refractivity contribution < 1.29 is 24.1 Å². The van der Waals surface area contributed by atoms with E-state index in [1.165, 1.54) is 11.3 Å². The van der Waals surface area contributed by atoms with Crippen molar-refractivity contribution >= 4 is 19.7 Å². The summed E-state index contributed by atoms with van der Waals surface area (Å²) in [5, 5.41) is 23.4. The molecule has 1 aromatic heterocycles. The molecule has 1 fully saturated rings. The van der Waals surface area contributed by atoms with Crippen LogP contribution in [0.2, 0.25) is 18.1 Å². The molecule has 1 saturated heterocycles. The van der Waals surface area contributed by atoms with Gasteiger partial charge in [-0.1, -0.05) is 26.8 Å². The number of ether oxygens (including phenoxy) is 2. The Kier molecular flexibility index (Phi) is 6.21. The lowest BCUT2D eigenvalue weighted by Crippen LogP contribution is -2.47. The van der Waals surface area contributed by atoms with Crippen LogP contribution in [0.3, 0.4) is 0 Å². The second-order valence-corrected chi connectivity index (χ2v) is 14.5. The predicted molar refractivity (Wildman–Crippen MR) is 102 cm³/mol. The van der Waals surface area contributed by atoms with Crippen molar-refractivity contribution in [2.24, 2.45) is 0 Å². The maximum atomic E-state index is 10.7. The van der Waals surface area contributed by atoms with Gasteiger partial charge in [0.15, 0.2) is 14.1 Å². The molecule has 0 amide bonds. The van der Waals surface area contributed by atoms with E-state index in [0.29, 0.717) is 0 Å². The van der Waals surface area contributed by atoms with E-state index in [1.807, 2.05) is 17.5 Å². The highest BCUT2D eigenvalue weighted by Crippen LogP contribution is 2.39. The fraction of sp³-hybridized carbons (Fsp3) is 0.778. The van der Waals surface area contributed by atoms with Crippen molar-refractivity contribution in [2.45, 2.75) is 83.0 Å². The van der Waals surface area contributed by atoms with Crippen LogP contribution in [0, 0.1) is 0 Å².